The molecule has 0 aromatic carbocycles. The molecule has 0 aliphatic heterocycles. The van der Waals surface area contributed by atoms with Crippen molar-refractivity contribution in [3.63, 3.8) is 0 Å². The van der Waals surface area contributed by atoms with Gasteiger partial charge in [-0.2, -0.15) is 13.2 Å². The van der Waals surface area contributed by atoms with Crippen LogP contribution >= 0.6 is 0 Å². The highest BCUT2D eigenvalue weighted by molar-refractivity contribution is 4.53. The average Bonchev–Trinajstić information content (AvgIpc) is 1.31. The number of hydrogen-bond acceptors (Lipinski definition) is 2. The second-order valence-corrected chi connectivity index (χ2v) is 0.986. The van der Waals surface area contributed by atoms with Crippen molar-refractivity contribution in [1.29, 1.82) is 0 Å². The Kier molecular flexibility index (Phi) is 1.60. The van der Waals surface area contributed by atoms with Crippen LogP contribution in [-0.4, -0.2) is 17.5 Å². The lowest BCUT2D eigenvalue weighted by Crippen LogP contribution is -2.36. The van der Waals surface area contributed by atoms with E-state index in [0.29, 0.717) is 0 Å². The Balaban J connectivity index is 3.54. The maximum atomic E-state index is 10.8. The second-order valence-electron chi connectivity index (χ2n) is 0.986. The van der Waals surface area contributed by atoms with Gasteiger partial charge < -0.3 is 5.11 Å². The van der Waals surface area contributed by atoms with Crippen molar-refractivity contribution >= 4 is 0 Å². The van der Waals surface area contributed by atoms with Gasteiger partial charge in [-0.05, 0) is 0 Å². The van der Waals surface area contributed by atoms with Crippen molar-refractivity contribution in [3.8, 4) is 0 Å². The first-order chi connectivity index (χ1) is 2.94. The van der Waals surface area contributed by atoms with Crippen LogP contribution in [0.4, 0.5) is 13.2 Å². The van der Waals surface area contributed by atoms with Gasteiger partial charge in [0.25, 0.3) is 0 Å². The molecule has 0 unspecified atom stereocenters. The zero-order chi connectivity index (χ0) is 6.08. The molecule has 0 aliphatic carbocycles. The van der Waals surface area contributed by atoms with Gasteiger partial charge >= 0.3 is 6.18 Å². The van der Waals surface area contributed by atoms with E-state index in [4.69, 9.17) is 5.11 Å². The molecule has 0 amide bonds. The molecule has 0 aromatic heterocycles. The largest absolute Gasteiger partial charge is 0.427 e. The molecule has 0 radical (unpaired) electrons. The lowest BCUT2D eigenvalue weighted by atomic mass is 10.6. The topological polar surface area (TPSA) is 46.2 Å². The van der Waals surface area contributed by atoms with Crippen molar-refractivity contribution in [2.75, 3.05) is 0 Å². The SMILES string of the molecule is N[C@@H](O)C(F)(F)F. The lowest BCUT2D eigenvalue weighted by molar-refractivity contribution is -0.201. The number of hydrogen-bond donors (Lipinski definition) is 2. The molecule has 0 rings (SSSR count). The maximum absolute atomic E-state index is 10.8. The predicted molar refractivity (Wildman–Crippen MR) is 16.2 cm³/mol. The summed E-state index contributed by atoms with van der Waals surface area (Å²) in [5, 5.41) is 7.54. The molecule has 0 aliphatic rings. The van der Waals surface area contributed by atoms with Gasteiger partial charge in [0.05, 0.1) is 0 Å². The molecule has 0 heterocycles. The summed E-state index contributed by atoms with van der Waals surface area (Å²) in [6, 6.07) is 0. The Bertz CT molecular complexity index is 58.4. The molecule has 0 saturated heterocycles. The molecule has 0 fully saturated rings. The van der Waals surface area contributed by atoms with Gasteiger partial charge in [0.2, 0.25) is 0 Å². The summed E-state index contributed by atoms with van der Waals surface area (Å²) in [6.07, 6.45) is -7.37. The van der Waals surface area contributed by atoms with Gasteiger partial charge in [-0.25, -0.2) is 0 Å². The Labute approximate surface area is 37.7 Å². The van der Waals surface area contributed by atoms with Gasteiger partial charge in [-0.15, -0.1) is 0 Å². The summed E-state index contributed by atoms with van der Waals surface area (Å²) in [5.41, 5.74) is 4.00. The van der Waals surface area contributed by atoms with Crippen LogP contribution in [0.25, 0.3) is 0 Å². The van der Waals surface area contributed by atoms with E-state index in [-0.39, 0.29) is 0 Å². The molecule has 1 atom stereocenters. The normalized spacial score (nSPS) is 16.7. The molecule has 2 nitrogen and oxygen atoms in total. The highest BCUT2D eigenvalue weighted by atomic mass is 19.4. The summed E-state index contributed by atoms with van der Waals surface area (Å²) in [7, 11) is 0. The Morgan fingerprint density at radius 2 is 1.57 bits per heavy atom. The van der Waals surface area contributed by atoms with Crippen LogP contribution in [0.3, 0.4) is 0 Å². The van der Waals surface area contributed by atoms with Crippen LogP contribution in [0.5, 0.6) is 0 Å². The number of alkyl halides is 3. The molecular formula is C2H4F3NO. The zero-order valence-electron chi connectivity index (χ0n) is 3.24. The quantitative estimate of drug-likeness (QED) is 0.430. The number of rotatable bonds is 0. The van der Waals surface area contributed by atoms with Crippen molar-refractivity contribution in [2.45, 2.75) is 12.4 Å². The van der Waals surface area contributed by atoms with Gasteiger partial charge in [0.1, 0.15) is 0 Å². The van der Waals surface area contributed by atoms with Gasteiger partial charge in [-0.1, -0.05) is 0 Å². The summed E-state index contributed by atoms with van der Waals surface area (Å²) in [4.78, 5) is 0. The highest BCUT2D eigenvalue weighted by Crippen LogP contribution is 2.15. The van der Waals surface area contributed by atoms with E-state index in [1.165, 1.54) is 0 Å². The monoisotopic (exact) mass is 115 g/mol. The molecule has 3 N–H and O–H groups in total. The molecule has 7 heavy (non-hydrogen) atoms. The van der Waals surface area contributed by atoms with Crippen molar-refractivity contribution in [3.05, 3.63) is 0 Å². The third-order valence-electron chi connectivity index (χ3n) is 0.335. The van der Waals surface area contributed by atoms with Gasteiger partial charge in [-0.3, -0.25) is 5.73 Å². The van der Waals surface area contributed by atoms with E-state index in [9.17, 15) is 13.2 Å². The van der Waals surface area contributed by atoms with Crippen LogP contribution in [0, 0.1) is 0 Å². The van der Waals surface area contributed by atoms with E-state index in [1.807, 2.05) is 0 Å². The first-order valence-corrected chi connectivity index (χ1v) is 1.45. The van der Waals surface area contributed by atoms with Gasteiger partial charge in [0.15, 0.2) is 6.23 Å². The molecule has 44 valence electrons. The summed E-state index contributed by atoms with van der Waals surface area (Å²) in [5.74, 6) is 0. The fourth-order valence-corrected chi connectivity index (χ4v) is 0. The average molecular weight is 115 g/mol. The zero-order valence-corrected chi connectivity index (χ0v) is 3.24. The minimum Gasteiger partial charge on any atom is -0.370 e. The van der Waals surface area contributed by atoms with Crippen LogP contribution in [0.15, 0.2) is 0 Å². The van der Waals surface area contributed by atoms with Crippen molar-refractivity contribution < 1.29 is 18.3 Å². The first kappa shape index (κ1) is 6.71. The predicted octanol–water partition coefficient (Wildman–Crippen LogP) is -0.174. The molecule has 0 bridgehead atoms. The Morgan fingerprint density at radius 3 is 1.57 bits per heavy atom. The number of halogens is 3. The lowest BCUT2D eigenvalue weighted by Gasteiger charge is -2.06. The minimum atomic E-state index is -4.67. The first-order valence-electron chi connectivity index (χ1n) is 1.45. The third-order valence-corrected chi connectivity index (χ3v) is 0.335. The Morgan fingerprint density at radius 1 is 1.43 bits per heavy atom. The number of nitrogens with two attached hydrogens (primary N) is 1. The highest BCUT2D eigenvalue weighted by Gasteiger charge is 2.34. The molecule has 5 heteroatoms. The second kappa shape index (κ2) is 1.67. The summed E-state index contributed by atoms with van der Waals surface area (Å²) in [6.45, 7) is 0. The number of aliphatic hydroxyl groups is 1. The molecule has 0 saturated carbocycles. The smallest absolute Gasteiger partial charge is 0.370 e. The number of aliphatic hydroxyl groups excluding tert-OH is 1. The third kappa shape index (κ3) is 2.41. The van der Waals surface area contributed by atoms with E-state index in [2.05, 4.69) is 5.73 Å². The van der Waals surface area contributed by atoms with E-state index in [0.717, 1.165) is 0 Å². The van der Waals surface area contributed by atoms with Crippen LogP contribution in [0.1, 0.15) is 0 Å². The van der Waals surface area contributed by atoms with Crippen molar-refractivity contribution in [1.82, 2.24) is 0 Å². The van der Waals surface area contributed by atoms with E-state index < -0.39 is 12.4 Å². The van der Waals surface area contributed by atoms with E-state index >= 15 is 0 Å². The minimum absolute atomic E-state index is 2.70. The summed E-state index contributed by atoms with van der Waals surface area (Å²) >= 11 is 0. The fraction of sp³-hybridized carbons (Fsp3) is 1.00. The van der Waals surface area contributed by atoms with Crippen LogP contribution in [0.2, 0.25) is 0 Å². The molecule has 0 spiro atoms. The molecule has 0 aromatic rings. The standard InChI is InChI=1S/C2H4F3NO/c3-2(4,5)1(6)7/h1,7H,6H2/t1-/m0/s1. The Hall–Kier alpha value is -0.290. The van der Waals surface area contributed by atoms with E-state index in [1.54, 1.807) is 0 Å². The van der Waals surface area contributed by atoms with Gasteiger partial charge in [0, 0.05) is 0 Å². The summed E-state index contributed by atoms with van der Waals surface area (Å²) < 4.78 is 32.4. The van der Waals surface area contributed by atoms with Crippen LogP contribution < -0.4 is 5.73 Å². The van der Waals surface area contributed by atoms with Crippen molar-refractivity contribution in [2.24, 2.45) is 5.73 Å². The maximum Gasteiger partial charge on any atom is 0.427 e. The van der Waals surface area contributed by atoms with Crippen LogP contribution in [-0.2, 0) is 0 Å². The molecular weight excluding hydrogens is 111 g/mol. The fourth-order valence-electron chi connectivity index (χ4n) is 0.